The van der Waals surface area contributed by atoms with Gasteiger partial charge < -0.3 is 15.6 Å². The lowest BCUT2D eigenvalue weighted by Gasteiger charge is -2.31. The predicted octanol–water partition coefficient (Wildman–Crippen LogP) is 1.51. The van der Waals surface area contributed by atoms with Gasteiger partial charge in [-0.3, -0.25) is 4.79 Å². The number of amides is 1. The molecule has 1 saturated heterocycles. The molecular weight excluding hydrogens is 305 g/mol. The van der Waals surface area contributed by atoms with Gasteiger partial charge in [-0.1, -0.05) is 0 Å². The number of carbonyl (C=O) groups excluding carboxylic acids is 1. The van der Waals surface area contributed by atoms with Crippen LogP contribution >= 0.6 is 22.6 Å². The minimum Gasteiger partial charge on any atom is -0.387 e. The van der Waals surface area contributed by atoms with E-state index in [1.807, 2.05) is 11.1 Å². The molecule has 0 aromatic rings. The number of halogens is 1. The third-order valence-electron chi connectivity index (χ3n) is 2.54. The molecule has 0 bridgehead atoms. The molecule has 1 fully saturated rings. The molecule has 1 rings (SSSR count). The highest BCUT2D eigenvalue weighted by atomic mass is 127. The maximum absolute atomic E-state index is 11.1. The molecule has 1 heterocycles. The third kappa shape index (κ3) is 4.19. The van der Waals surface area contributed by atoms with Crippen LogP contribution < -0.4 is 5.32 Å². The minimum absolute atomic E-state index is 0.165. The highest BCUT2D eigenvalue weighted by molar-refractivity contribution is 14.1. The maximum Gasteiger partial charge on any atom is 0.219 e. The van der Waals surface area contributed by atoms with Gasteiger partial charge in [-0.2, -0.15) is 0 Å². The molecule has 0 aromatic heterocycles. The van der Waals surface area contributed by atoms with Crippen LogP contribution in [0.2, 0.25) is 0 Å². The Labute approximate surface area is 104 Å². The Balaban J connectivity index is 2.32. The van der Waals surface area contributed by atoms with Crippen molar-refractivity contribution in [3.05, 3.63) is 9.78 Å². The average Bonchev–Trinajstić information content (AvgIpc) is 2.26. The third-order valence-corrected chi connectivity index (χ3v) is 3.16. The lowest BCUT2D eigenvalue weighted by atomic mass is 10.1. The summed E-state index contributed by atoms with van der Waals surface area (Å²) >= 11 is 2.11. The van der Waals surface area contributed by atoms with Crippen LogP contribution in [0.3, 0.4) is 0 Å². The minimum atomic E-state index is 0.165. The normalized spacial score (nSPS) is 18.8. The highest BCUT2D eigenvalue weighted by Crippen LogP contribution is 2.11. The van der Waals surface area contributed by atoms with E-state index >= 15 is 0 Å². The van der Waals surface area contributed by atoms with Crippen LogP contribution in [-0.4, -0.2) is 36.2 Å². The summed E-state index contributed by atoms with van der Waals surface area (Å²) in [6, 6.07) is 0.435. The summed E-state index contributed by atoms with van der Waals surface area (Å²) in [6.07, 6.45) is 5.15. The van der Waals surface area contributed by atoms with E-state index < -0.39 is 0 Å². The first-order valence-electron chi connectivity index (χ1n) is 5.01. The van der Waals surface area contributed by atoms with E-state index in [0.29, 0.717) is 6.04 Å². The standard InChI is InChI=1S/C10H16IN3O/c1-8(15)14-4-2-10(3-5-14)13-7-9(11)6-12/h6-7,10,12-13H,2-5H2,1H3/b9-7+,12-6?. The number of hydrogen-bond donors (Lipinski definition) is 2. The Hall–Kier alpha value is -0.590. The van der Waals surface area contributed by atoms with Gasteiger partial charge in [0.2, 0.25) is 5.91 Å². The molecule has 0 spiro atoms. The molecule has 15 heavy (non-hydrogen) atoms. The van der Waals surface area contributed by atoms with Crippen molar-refractivity contribution in [3.63, 3.8) is 0 Å². The Morgan fingerprint density at radius 1 is 1.53 bits per heavy atom. The van der Waals surface area contributed by atoms with E-state index in [1.165, 1.54) is 6.21 Å². The van der Waals surface area contributed by atoms with Crippen LogP contribution in [-0.2, 0) is 4.79 Å². The molecule has 0 unspecified atom stereocenters. The summed E-state index contributed by atoms with van der Waals surface area (Å²) in [5, 5.41) is 10.3. The van der Waals surface area contributed by atoms with Crippen LogP contribution in [0.4, 0.5) is 0 Å². The second kappa shape index (κ2) is 6.09. The van der Waals surface area contributed by atoms with Crippen LogP contribution in [0.25, 0.3) is 0 Å². The fourth-order valence-corrected chi connectivity index (χ4v) is 1.78. The summed E-state index contributed by atoms with van der Waals surface area (Å²) in [4.78, 5) is 13.0. The summed E-state index contributed by atoms with van der Waals surface area (Å²) in [7, 11) is 0. The Morgan fingerprint density at radius 2 is 2.13 bits per heavy atom. The van der Waals surface area contributed by atoms with Crippen molar-refractivity contribution in [2.45, 2.75) is 25.8 Å². The number of nitrogens with one attached hydrogen (secondary N) is 2. The molecule has 0 aliphatic carbocycles. The largest absolute Gasteiger partial charge is 0.387 e. The molecule has 0 aromatic carbocycles. The Morgan fingerprint density at radius 3 is 2.60 bits per heavy atom. The summed E-state index contributed by atoms with van der Waals surface area (Å²) in [6.45, 7) is 3.29. The quantitative estimate of drug-likeness (QED) is 0.612. The molecule has 0 saturated carbocycles. The van der Waals surface area contributed by atoms with Crippen molar-refractivity contribution in [2.75, 3.05) is 13.1 Å². The van der Waals surface area contributed by atoms with Gasteiger partial charge in [0.15, 0.2) is 0 Å². The second-order valence-electron chi connectivity index (χ2n) is 3.62. The number of hydrogen-bond acceptors (Lipinski definition) is 3. The van der Waals surface area contributed by atoms with Gasteiger partial charge in [0, 0.05) is 42.0 Å². The van der Waals surface area contributed by atoms with E-state index in [9.17, 15) is 4.79 Å². The van der Waals surface area contributed by atoms with Gasteiger partial charge in [-0.05, 0) is 35.4 Å². The van der Waals surface area contributed by atoms with Crippen molar-refractivity contribution < 1.29 is 4.79 Å². The van der Waals surface area contributed by atoms with E-state index in [4.69, 9.17) is 5.41 Å². The smallest absolute Gasteiger partial charge is 0.219 e. The molecule has 5 heteroatoms. The van der Waals surface area contributed by atoms with Gasteiger partial charge in [0.05, 0.1) is 0 Å². The first-order chi connectivity index (χ1) is 7.13. The SMILES string of the molecule is CC(=O)N1CCC(N/C=C(/I)C=N)CC1. The van der Waals surface area contributed by atoms with Crippen molar-refractivity contribution in [3.8, 4) is 0 Å². The number of rotatable bonds is 3. The monoisotopic (exact) mass is 321 g/mol. The lowest BCUT2D eigenvalue weighted by Crippen LogP contribution is -2.42. The number of likely N-dealkylation sites (tertiary alicyclic amines) is 1. The fourth-order valence-electron chi connectivity index (χ4n) is 1.60. The van der Waals surface area contributed by atoms with E-state index in [-0.39, 0.29) is 5.91 Å². The number of piperidine rings is 1. The van der Waals surface area contributed by atoms with Gasteiger partial charge in [0.25, 0.3) is 0 Å². The van der Waals surface area contributed by atoms with Crippen LogP contribution in [0.15, 0.2) is 9.78 Å². The number of carbonyl (C=O) groups is 1. The zero-order valence-corrected chi connectivity index (χ0v) is 11.0. The summed E-state index contributed by atoms with van der Waals surface area (Å²) < 4.78 is 0.890. The van der Waals surface area contributed by atoms with Gasteiger partial charge >= 0.3 is 0 Å². The molecule has 0 radical (unpaired) electrons. The number of allylic oxidation sites excluding steroid dienone is 1. The van der Waals surface area contributed by atoms with E-state index in [0.717, 1.165) is 29.5 Å². The molecule has 84 valence electrons. The molecule has 2 N–H and O–H groups in total. The average molecular weight is 321 g/mol. The molecule has 1 aliphatic heterocycles. The molecule has 0 atom stereocenters. The molecule has 4 nitrogen and oxygen atoms in total. The van der Waals surface area contributed by atoms with Crippen molar-refractivity contribution in [1.29, 1.82) is 5.41 Å². The Kier molecular flexibility index (Phi) is 5.07. The first kappa shape index (κ1) is 12.5. The van der Waals surface area contributed by atoms with E-state index in [2.05, 4.69) is 27.9 Å². The summed E-state index contributed by atoms with van der Waals surface area (Å²) in [5.41, 5.74) is 0. The molecule has 1 aliphatic rings. The van der Waals surface area contributed by atoms with Gasteiger partial charge in [-0.15, -0.1) is 0 Å². The van der Waals surface area contributed by atoms with Crippen LogP contribution in [0.1, 0.15) is 19.8 Å². The van der Waals surface area contributed by atoms with Crippen molar-refractivity contribution in [1.82, 2.24) is 10.2 Å². The zero-order valence-electron chi connectivity index (χ0n) is 8.79. The fraction of sp³-hybridized carbons (Fsp3) is 0.600. The van der Waals surface area contributed by atoms with Crippen molar-refractivity contribution in [2.24, 2.45) is 0 Å². The predicted molar refractivity (Wildman–Crippen MR) is 69.3 cm³/mol. The zero-order chi connectivity index (χ0) is 11.3. The molecular formula is C10H16IN3O. The van der Waals surface area contributed by atoms with Gasteiger partial charge in [0.1, 0.15) is 0 Å². The highest BCUT2D eigenvalue weighted by Gasteiger charge is 2.19. The van der Waals surface area contributed by atoms with Gasteiger partial charge in [-0.25, -0.2) is 0 Å². The molecule has 1 amide bonds. The van der Waals surface area contributed by atoms with Crippen LogP contribution in [0.5, 0.6) is 0 Å². The maximum atomic E-state index is 11.1. The Bertz CT molecular complexity index is 270. The number of nitrogens with zero attached hydrogens (tertiary/aromatic N) is 1. The van der Waals surface area contributed by atoms with Crippen molar-refractivity contribution >= 4 is 34.7 Å². The summed E-state index contributed by atoms with van der Waals surface area (Å²) in [5.74, 6) is 0.165. The first-order valence-corrected chi connectivity index (χ1v) is 6.09. The topological polar surface area (TPSA) is 56.2 Å². The van der Waals surface area contributed by atoms with E-state index in [1.54, 1.807) is 6.92 Å². The second-order valence-corrected chi connectivity index (χ2v) is 4.87. The lowest BCUT2D eigenvalue weighted by molar-refractivity contribution is -0.129. The van der Waals surface area contributed by atoms with Crippen LogP contribution in [0, 0.1) is 5.41 Å².